The summed E-state index contributed by atoms with van der Waals surface area (Å²) in [5, 5.41) is 11.4. The summed E-state index contributed by atoms with van der Waals surface area (Å²) in [5.41, 5.74) is 3.25. The second-order valence-corrected chi connectivity index (χ2v) is 4.42. The Hall–Kier alpha value is -3.10. The number of hydrogen-bond acceptors (Lipinski definition) is 8. The van der Waals surface area contributed by atoms with Gasteiger partial charge in [0, 0.05) is 5.56 Å². The zero-order chi connectivity index (χ0) is 16.8. The predicted molar refractivity (Wildman–Crippen MR) is 84.7 cm³/mol. The minimum Gasteiger partial charge on any atom is -0.493 e. The van der Waals surface area contributed by atoms with Crippen molar-refractivity contribution in [3.63, 3.8) is 0 Å². The SMILES string of the molecule is COc1cc(C=NNc2nnc(C)c(=O)[nH]2)cc(OC)c1OC. The van der Waals surface area contributed by atoms with E-state index in [1.807, 2.05) is 0 Å². The number of hydrazone groups is 1. The largest absolute Gasteiger partial charge is 0.493 e. The van der Waals surface area contributed by atoms with Crippen molar-refractivity contribution in [3.8, 4) is 17.2 Å². The topological polar surface area (TPSA) is 111 Å². The molecule has 0 atom stereocenters. The van der Waals surface area contributed by atoms with Crippen LogP contribution in [0.2, 0.25) is 0 Å². The van der Waals surface area contributed by atoms with Gasteiger partial charge in [-0.3, -0.25) is 9.78 Å². The Balaban J connectivity index is 2.21. The van der Waals surface area contributed by atoms with Crippen LogP contribution in [0.25, 0.3) is 0 Å². The van der Waals surface area contributed by atoms with Crippen molar-refractivity contribution >= 4 is 12.2 Å². The van der Waals surface area contributed by atoms with E-state index in [2.05, 4.69) is 25.7 Å². The fourth-order valence-electron chi connectivity index (χ4n) is 1.79. The Morgan fingerprint density at radius 3 is 2.30 bits per heavy atom. The molecule has 0 saturated carbocycles. The van der Waals surface area contributed by atoms with E-state index >= 15 is 0 Å². The third-order valence-corrected chi connectivity index (χ3v) is 2.93. The van der Waals surface area contributed by atoms with E-state index in [-0.39, 0.29) is 17.2 Å². The molecule has 0 bridgehead atoms. The summed E-state index contributed by atoms with van der Waals surface area (Å²) in [7, 11) is 4.59. The molecule has 0 fully saturated rings. The molecule has 0 amide bonds. The first-order valence-corrected chi connectivity index (χ1v) is 6.61. The highest BCUT2D eigenvalue weighted by atomic mass is 16.5. The molecular formula is C14H17N5O4. The van der Waals surface area contributed by atoms with Gasteiger partial charge in [0.2, 0.25) is 11.7 Å². The maximum atomic E-state index is 11.4. The van der Waals surface area contributed by atoms with Gasteiger partial charge in [-0.15, -0.1) is 10.2 Å². The number of nitrogens with zero attached hydrogens (tertiary/aromatic N) is 3. The monoisotopic (exact) mass is 319 g/mol. The van der Waals surface area contributed by atoms with Gasteiger partial charge in [0.05, 0.1) is 27.5 Å². The number of hydrogen-bond donors (Lipinski definition) is 2. The van der Waals surface area contributed by atoms with Crippen LogP contribution in [0, 0.1) is 6.92 Å². The molecule has 23 heavy (non-hydrogen) atoms. The zero-order valence-electron chi connectivity index (χ0n) is 13.2. The first-order valence-electron chi connectivity index (χ1n) is 6.61. The fourth-order valence-corrected chi connectivity index (χ4v) is 1.79. The summed E-state index contributed by atoms with van der Waals surface area (Å²) in [5.74, 6) is 1.66. The molecule has 1 heterocycles. The molecule has 0 saturated heterocycles. The number of nitrogens with one attached hydrogen (secondary N) is 2. The van der Waals surface area contributed by atoms with Crippen molar-refractivity contribution in [2.75, 3.05) is 26.8 Å². The molecular weight excluding hydrogens is 302 g/mol. The van der Waals surface area contributed by atoms with Gasteiger partial charge in [0.25, 0.3) is 5.56 Å². The highest BCUT2D eigenvalue weighted by Gasteiger charge is 2.12. The third kappa shape index (κ3) is 3.76. The van der Waals surface area contributed by atoms with Gasteiger partial charge >= 0.3 is 0 Å². The van der Waals surface area contributed by atoms with Gasteiger partial charge in [-0.1, -0.05) is 0 Å². The number of rotatable bonds is 6. The Bertz CT molecular complexity index is 747. The normalized spacial score (nSPS) is 10.6. The Kier molecular flexibility index (Phi) is 5.13. The van der Waals surface area contributed by atoms with Crippen LogP contribution in [0.5, 0.6) is 17.2 Å². The predicted octanol–water partition coefficient (Wildman–Crippen LogP) is 0.945. The minimum absolute atomic E-state index is 0.143. The average molecular weight is 319 g/mol. The first-order chi connectivity index (χ1) is 11.1. The fraction of sp³-hybridized carbons (Fsp3) is 0.286. The summed E-state index contributed by atoms with van der Waals surface area (Å²) >= 11 is 0. The smallest absolute Gasteiger partial charge is 0.274 e. The molecule has 0 aliphatic carbocycles. The van der Waals surface area contributed by atoms with E-state index in [4.69, 9.17) is 14.2 Å². The molecule has 0 unspecified atom stereocenters. The molecule has 2 rings (SSSR count). The van der Waals surface area contributed by atoms with Crippen LogP contribution < -0.4 is 25.2 Å². The van der Waals surface area contributed by atoms with Crippen LogP contribution in [0.4, 0.5) is 5.95 Å². The summed E-state index contributed by atoms with van der Waals surface area (Å²) < 4.78 is 15.8. The van der Waals surface area contributed by atoms with Crippen molar-refractivity contribution in [2.24, 2.45) is 5.10 Å². The van der Waals surface area contributed by atoms with Crippen LogP contribution in [-0.4, -0.2) is 42.7 Å². The van der Waals surface area contributed by atoms with Crippen molar-refractivity contribution in [2.45, 2.75) is 6.92 Å². The van der Waals surface area contributed by atoms with Crippen LogP contribution in [0.15, 0.2) is 22.0 Å². The highest BCUT2D eigenvalue weighted by Crippen LogP contribution is 2.37. The quantitative estimate of drug-likeness (QED) is 0.602. The number of aromatic nitrogens is 3. The lowest BCUT2D eigenvalue weighted by Crippen LogP contribution is -2.15. The first kappa shape index (κ1) is 16.3. The van der Waals surface area contributed by atoms with Crippen molar-refractivity contribution in [1.29, 1.82) is 0 Å². The third-order valence-electron chi connectivity index (χ3n) is 2.93. The lowest BCUT2D eigenvalue weighted by Gasteiger charge is -2.12. The van der Waals surface area contributed by atoms with E-state index in [9.17, 15) is 4.79 Å². The molecule has 2 aromatic rings. The maximum absolute atomic E-state index is 11.4. The molecule has 2 N–H and O–H groups in total. The minimum atomic E-state index is -0.328. The van der Waals surface area contributed by atoms with E-state index in [0.29, 0.717) is 22.8 Å². The molecule has 122 valence electrons. The lowest BCUT2D eigenvalue weighted by atomic mass is 10.2. The molecule has 0 radical (unpaired) electrons. The van der Waals surface area contributed by atoms with Crippen LogP contribution in [0.3, 0.4) is 0 Å². The molecule has 0 aliphatic heterocycles. The Morgan fingerprint density at radius 2 is 1.78 bits per heavy atom. The lowest BCUT2D eigenvalue weighted by molar-refractivity contribution is 0.324. The van der Waals surface area contributed by atoms with Crippen LogP contribution in [0.1, 0.15) is 11.3 Å². The van der Waals surface area contributed by atoms with Gasteiger partial charge in [0.1, 0.15) is 5.69 Å². The number of aromatic amines is 1. The molecule has 1 aromatic heterocycles. The van der Waals surface area contributed by atoms with E-state index < -0.39 is 0 Å². The number of methoxy groups -OCH3 is 3. The number of aryl methyl sites for hydroxylation is 1. The van der Waals surface area contributed by atoms with E-state index in [0.717, 1.165) is 0 Å². The van der Waals surface area contributed by atoms with Crippen LogP contribution in [-0.2, 0) is 0 Å². The molecule has 0 aliphatic rings. The van der Waals surface area contributed by atoms with Gasteiger partial charge in [-0.25, -0.2) is 5.43 Å². The van der Waals surface area contributed by atoms with Crippen LogP contribution >= 0.6 is 0 Å². The number of anilines is 1. The van der Waals surface area contributed by atoms with Gasteiger partial charge < -0.3 is 14.2 Å². The van der Waals surface area contributed by atoms with E-state index in [1.54, 1.807) is 19.1 Å². The average Bonchev–Trinajstić information content (AvgIpc) is 2.57. The van der Waals surface area contributed by atoms with Gasteiger partial charge in [0.15, 0.2) is 11.5 Å². The van der Waals surface area contributed by atoms with E-state index in [1.165, 1.54) is 27.5 Å². The summed E-state index contributed by atoms with van der Waals surface area (Å²) in [6.45, 7) is 1.56. The van der Waals surface area contributed by atoms with Gasteiger partial charge in [-0.05, 0) is 19.1 Å². The number of ether oxygens (including phenoxy) is 3. The Labute approximate surface area is 132 Å². The second-order valence-electron chi connectivity index (χ2n) is 4.42. The van der Waals surface area contributed by atoms with Crippen molar-refractivity contribution in [1.82, 2.24) is 15.2 Å². The number of H-pyrrole nitrogens is 1. The zero-order valence-corrected chi connectivity index (χ0v) is 13.2. The van der Waals surface area contributed by atoms with Crippen molar-refractivity contribution in [3.05, 3.63) is 33.7 Å². The summed E-state index contributed by atoms with van der Waals surface area (Å²) in [4.78, 5) is 13.9. The van der Waals surface area contributed by atoms with Gasteiger partial charge in [-0.2, -0.15) is 5.10 Å². The standard InChI is InChI=1S/C14H17N5O4/c1-8-13(20)16-14(19-17-8)18-15-7-9-5-10(21-2)12(23-4)11(6-9)22-3/h5-7H,1-4H3,(H2,16,18,19,20). The Morgan fingerprint density at radius 1 is 1.13 bits per heavy atom. The summed E-state index contributed by atoms with van der Waals surface area (Å²) in [6, 6.07) is 3.46. The molecule has 9 heteroatoms. The second kappa shape index (κ2) is 7.25. The molecule has 0 spiro atoms. The maximum Gasteiger partial charge on any atom is 0.274 e. The van der Waals surface area contributed by atoms with Crippen molar-refractivity contribution < 1.29 is 14.2 Å². The molecule has 9 nitrogen and oxygen atoms in total. The molecule has 1 aromatic carbocycles. The highest BCUT2D eigenvalue weighted by molar-refractivity contribution is 5.82. The number of benzene rings is 1. The summed E-state index contributed by atoms with van der Waals surface area (Å²) in [6.07, 6.45) is 1.52.